The number of rotatable bonds is 3. The van der Waals surface area contributed by atoms with Crippen LogP contribution in [0.1, 0.15) is 42.5 Å². The first kappa shape index (κ1) is 14.5. The van der Waals surface area contributed by atoms with Crippen molar-refractivity contribution in [3.8, 4) is 0 Å². The summed E-state index contributed by atoms with van der Waals surface area (Å²) in [6.07, 6.45) is 7.97. The number of halogens is 1. The van der Waals surface area contributed by atoms with E-state index in [-0.39, 0.29) is 18.0 Å². The van der Waals surface area contributed by atoms with Gasteiger partial charge in [0.05, 0.1) is 5.69 Å². The molecule has 1 aromatic rings. The number of nitrogens with one attached hydrogen (secondary N) is 1. The van der Waals surface area contributed by atoms with Crippen LogP contribution in [0.2, 0.25) is 0 Å². The SMILES string of the molecule is Cl.O=c1[nH]nc(CCN2CCCC2)c2c1CCCC2. The fourth-order valence-corrected chi connectivity index (χ4v) is 3.20. The summed E-state index contributed by atoms with van der Waals surface area (Å²) in [5.41, 5.74) is 3.43. The lowest BCUT2D eigenvalue weighted by atomic mass is 9.91. The van der Waals surface area contributed by atoms with E-state index in [2.05, 4.69) is 15.1 Å². The molecule has 0 spiro atoms. The molecule has 1 fully saturated rings. The topological polar surface area (TPSA) is 49.0 Å². The zero-order valence-corrected chi connectivity index (χ0v) is 12.1. The Kier molecular flexibility index (Phi) is 4.99. The standard InChI is InChI=1S/C14H21N3O.ClH/c18-14-12-6-2-1-5-11(12)13(15-16-14)7-10-17-8-3-4-9-17;/h1-10H2,(H,16,18);1H. The van der Waals surface area contributed by atoms with Crippen LogP contribution in [0.5, 0.6) is 0 Å². The maximum atomic E-state index is 11.7. The predicted molar refractivity (Wildman–Crippen MR) is 78.1 cm³/mol. The van der Waals surface area contributed by atoms with Crippen LogP contribution in [-0.2, 0) is 19.3 Å². The summed E-state index contributed by atoms with van der Waals surface area (Å²) in [5.74, 6) is 0. The Balaban J connectivity index is 0.00000133. The molecule has 0 atom stereocenters. The van der Waals surface area contributed by atoms with Crippen LogP contribution >= 0.6 is 12.4 Å². The molecule has 2 heterocycles. The minimum absolute atomic E-state index is 0. The molecule has 0 saturated carbocycles. The zero-order valence-electron chi connectivity index (χ0n) is 11.3. The lowest BCUT2D eigenvalue weighted by molar-refractivity contribution is 0.341. The van der Waals surface area contributed by atoms with E-state index in [1.54, 1.807) is 0 Å². The van der Waals surface area contributed by atoms with E-state index in [9.17, 15) is 4.79 Å². The van der Waals surface area contributed by atoms with Gasteiger partial charge in [0, 0.05) is 18.5 Å². The average molecular weight is 284 g/mol. The van der Waals surface area contributed by atoms with Crippen molar-refractivity contribution in [2.24, 2.45) is 0 Å². The van der Waals surface area contributed by atoms with Crippen LogP contribution in [0.4, 0.5) is 0 Å². The monoisotopic (exact) mass is 283 g/mol. The number of nitrogens with zero attached hydrogens (tertiary/aromatic N) is 2. The van der Waals surface area contributed by atoms with Gasteiger partial charge >= 0.3 is 0 Å². The maximum absolute atomic E-state index is 11.7. The van der Waals surface area contributed by atoms with Crippen LogP contribution in [0, 0.1) is 0 Å². The van der Waals surface area contributed by atoms with Crippen molar-refractivity contribution in [2.45, 2.75) is 44.9 Å². The predicted octanol–water partition coefficient (Wildman–Crippen LogP) is 1.71. The molecule has 0 amide bonds. The van der Waals surface area contributed by atoms with Crippen LogP contribution in [0.3, 0.4) is 0 Å². The van der Waals surface area contributed by atoms with Crippen LogP contribution in [-0.4, -0.2) is 34.7 Å². The summed E-state index contributed by atoms with van der Waals surface area (Å²) in [4.78, 5) is 14.3. The largest absolute Gasteiger partial charge is 0.303 e. The van der Waals surface area contributed by atoms with Gasteiger partial charge in [0.2, 0.25) is 0 Å². The van der Waals surface area contributed by atoms with Crippen LogP contribution < -0.4 is 5.56 Å². The quantitative estimate of drug-likeness (QED) is 0.919. The van der Waals surface area contributed by atoms with E-state index in [1.165, 1.54) is 37.9 Å². The van der Waals surface area contributed by atoms with Crippen molar-refractivity contribution in [2.75, 3.05) is 19.6 Å². The molecule has 4 nitrogen and oxygen atoms in total. The second-order valence-corrected chi connectivity index (χ2v) is 5.46. The average Bonchev–Trinajstić information content (AvgIpc) is 2.92. The molecule has 19 heavy (non-hydrogen) atoms. The highest BCUT2D eigenvalue weighted by atomic mass is 35.5. The van der Waals surface area contributed by atoms with Gasteiger partial charge in [0.15, 0.2) is 0 Å². The molecule has 0 bridgehead atoms. The van der Waals surface area contributed by atoms with Gasteiger partial charge in [-0.25, -0.2) is 5.10 Å². The second-order valence-electron chi connectivity index (χ2n) is 5.46. The highest BCUT2D eigenvalue weighted by Crippen LogP contribution is 2.20. The Morgan fingerprint density at radius 1 is 1.05 bits per heavy atom. The van der Waals surface area contributed by atoms with Gasteiger partial charge in [-0.05, 0) is 57.2 Å². The van der Waals surface area contributed by atoms with Crippen LogP contribution in [0.25, 0.3) is 0 Å². The van der Waals surface area contributed by atoms with E-state index in [0.717, 1.165) is 43.5 Å². The smallest absolute Gasteiger partial charge is 0.267 e. The first-order valence-corrected chi connectivity index (χ1v) is 7.16. The summed E-state index contributed by atoms with van der Waals surface area (Å²) < 4.78 is 0. The molecule has 1 saturated heterocycles. The zero-order chi connectivity index (χ0) is 12.4. The molecule has 1 aliphatic heterocycles. The van der Waals surface area contributed by atoms with Gasteiger partial charge in [0.25, 0.3) is 5.56 Å². The minimum Gasteiger partial charge on any atom is -0.303 e. The number of hydrogen-bond donors (Lipinski definition) is 1. The molecule has 0 radical (unpaired) electrons. The van der Waals surface area contributed by atoms with Crippen molar-refractivity contribution >= 4 is 12.4 Å². The Morgan fingerprint density at radius 3 is 2.47 bits per heavy atom. The van der Waals surface area contributed by atoms with Gasteiger partial charge in [0.1, 0.15) is 0 Å². The van der Waals surface area contributed by atoms with Crippen molar-refractivity contribution in [1.82, 2.24) is 15.1 Å². The van der Waals surface area contributed by atoms with E-state index >= 15 is 0 Å². The first-order chi connectivity index (χ1) is 8.84. The highest BCUT2D eigenvalue weighted by molar-refractivity contribution is 5.85. The fraction of sp³-hybridized carbons (Fsp3) is 0.714. The molecule has 0 unspecified atom stereocenters. The molecule has 1 N–H and O–H groups in total. The molecule has 106 valence electrons. The third-order valence-corrected chi connectivity index (χ3v) is 4.25. The molecular formula is C14H22ClN3O. The number of fused-ring (bicyclic) bond motifs is 1. The summed E-state index contributed by atoms with van der Waals surface area (Å²) in [5, 5.41) is 6.97. The van der Waals surface area contributed by atoms with Crippen molar-refractivity contribution in [1.29, 1.82) is 0 Å². The second kappa shape index (κ2) is 6.53. The summed E-state index contributed by atoms with van der Waals surface area (Å²) in [6, 6.07) is 0. The van der Waals surface area contributed by atoms with Gasteiger partial charge in [-0.2, -0.15) is 5.10 Å². The van der Waals surface area contributed by atoms with Crippen molar-refractivity contribution in [3.05, 3.63) is 27.2 Å². The van der Waals surface area contributed by atoms with E-state index < -0.39 is 0 Å². The van der Waals surface area contributed by atoms with Gasteiger partial charge < -0.3 is 4.90 Å². The molecule has 1 aromatic heterocycles. The maximum Gasteiger partial charge on any atom is 0.267 e. The number of likely N-dealkylation sites (tertiary alicyclic amines) is 1. The number of H-pyrrole nitrogens is 1. The van der Waals surface area contributed by atoms with Gasteiger partial charge in [-0.1, -0.05) is 0 Å². The third kappa shape index (κ3) is 3.18. The number of aromatic nitrogens is 2. The highest BCUT2D eigenvalue weighted by Gasteiger charge is 2.18. The number of hydrogen-bond acceptors (Lipinski definition) is 3. The summed E-state index contributed by atoms with van der Waals surface area (Å²) in [6.45, 7) is 3.54. The first-order valence-electron chi connectivity index (χ1n) is 7.16. The molecule has 0 aromatic carbocycles. The number of aromatic amines is 1. The van der Waals surface area contributed by atoms with Gasteiger partial charge in [-0.15, -0.1) is 12.4 Å². The normalized spacial score (nSPS) is 18.9. The van der Waals surface area contributed by atoms with Crippen LogP contribution in [0.15, 0.2) is 4.79 Å². The fourth-order valence-electron chi connectivity index (χ4n) is 3.20. The Morgan fingerprint density at radius 2 is 1.74 bits per heavy atom. The van der Waals surface area contributed by atoms with Crippen molar-refractivity contribution < 1.29 is 0 Å². The molecule has 3 rings (SSSR count). The summed E-state index contributed by atoms with van der Waals surface area (Å²) in [7, 11) is 0. The minimum atomic E-state index is 0. The molecule has 2 aliphatic rings. The lowest BCUT2D eigenvalue weighted by Crippen LogP contribution is -2.26. The van der Waals surface area contributed by atoms with E-state index in [0.29, 0.717) is 0 Å². The summed E-state index contributed by atoms with van der Waals surface area (Å²) >= 11 is 0. The van der Waals surface area contributed by atoms with Crippen molar-refractivity contribution in [3.63, 3.8) is 0 Å². The van der Waals surface area contributed by atoms with E-state index in [1.807, 2.05) is 0 Å². The Labute approximate surface area is 120 Å². The van der Waals surface area contributed by atoms with Gasteiger partial charge in [-0.3, -0.25) is 4.79 Å². The molecular weight excluding hydrogens is 262 g/mol. The Bertz CT molecular complexity index is 480. The molecule has 5 heteroatoms. The third-order valence-electron chi connectivity index (χ3n) is 4.25. The molecule has 1 aliphatic carbocycles. The lowest BCUT2D eigenvalue weighted by Gasteiger charge is -2.19. The van der Waals surface area contributed by atoms with E-state index in [4.69, 9.17) is 0 Å². The Hall–Kier alpha value is -0.870.